The van der Waals surface area contributed by atoms with Crippen molar-refractivity contribution < 1.29 is 23.0 Å². The van der Waals surface area contributed by atoms with Crippen molar-refractivity contribution in [3.63, 3.8) is 0 Å². The van der Waals surface area contributed by atoms with Crippen LogP contribution in [-0.2, 0) is 0 Å². The van der Waals surface area contributed by atoms with E-state index in [4.69, 9.17) is 9.47 Å². The maximum absolute atomic E-state index is 13.0. The molecule has 2 rings (SSSR count). The van der Waals surface area contributed by atoms with Gasteiger partial charge in [0.2, 0.25) is 0 Å². The quantitative estimate of drug-likeness (QED) is 0.803. The normalized spacial score (nSPS) is 10.0. The second-order valence-electron chi connectivity index (χ2n) is 4.51. The lowest BCUT2D eigenvalue weighted by Crippen LogP contribution is -2.32. The Balaban J connectivity index is 1.75. The van der Waals surface area contributed by atoms with Gasteiger partial charge in [-0.15, -0.1) is 0 Å². The first kappa shape index (κ1) is 16.5. The third-order valence-electron chi connectivity index (χ3n) is 2.90. The third-order valence-corrected chi connectivity index (χ3v) is 2.90. The van der Waals surface area contributed by atoms with Gasteiger partial charge in [0.25, 0.3) is 0 Å². The predicted molar refractivity (Wildman–Crippen MR) is 81.9 cm³/mol. The fraction of sp³-hybridized carbons (Fsp3) is 0.188. The van der Waals surface area contributed by atoms with Crippen molar-refractivity contribution in [3.8, 4) is 11.5 Å². The van der Waals surface area contributed by atoms with Crippen LogP contribution in [0.25, 0.3) is 0 Å². The van der Waals surface area contributed by atoms with Gasteiger partial charge in [-0.25, -0.2) is 13.6 Å². The van der Waals surface area contributed by atoms with E-state index in [0.717, 1.165) is 12.1 Å². The van der Waals surface area contributed by atoms with Gasteiger partial charge in [-0.3, -0.25) is 0 Å². The molecule has 0 aliphatic carbocycles. The lowest BCUT2D eigenvalue weighted by Gasteiger charge is -2.11. The topological polar surface area (TPSA) is 59.6 Å². The number of ether oxygens (including phenoxy) is 2. The summed E-state index contributed by atoms with van der Waals surface area (Å²) in [4.78, 5) is 11.7. The second-order valence-corrected chi connectivity index (χ2v) is 4.51. The lowest BCUT2D eigenvalue weighted by molar-refractivity contribution is 0.247. The summed E-state index contributed by atoms with van der Waals surface area (Å²) in [6, 6.07) is 9.80. The Labute approximate surface area is 132 Å². The largest absolute Gasteiger partial charge is 0.495 e. The Morgan fingerprint density at radius 2 is 1.91 bits per heavy atom. The number of hydrogen-bond donors (Lipinski definition) is 2. The summed E-state index contributed by atoms with van der Waals surface area (Å²) in [7, 11) is 1.51. The van der Waals surface area contributed by atoms with Crippen molar-refractivity contribution in [1.82, 2.24) is 5.32 Å². The number of carbonyl (C=O) groups excluding carboxylic acids is 1. The molecular weight excluding hydrogens is 306 g/mol. The number of methoxy groups -OCH3 is 1. The molecule has 0 atom stereocenters. The van der Waals surface area contributed by atoms with Crippen LogP contribution in [-0.4, -0.2) is 26.3 Å². The number of rotatable bonds is 6. The molecule has 0 heterocycles. The summed E-state index contributed by atoms with van der Waals surface area (Å²) < 4.78 is 36.1. The molecular formula is C16H16F2N2O3. The van der Waals surface area contributed by atoms with E-state index < -0.39 is 17.7 Å². The van der Waals surface area contributed by atoms with E-state index in [1.165, 1.54) is 13.2 Å². The standard InChI is InChI=1S/C16H16F2N2O3/c1-22-15-5-3-2-4-14(15)20-16(21)19-8-9-23-11-6-7-12(17)13(18)10-11/h2-7,10H,8-9H2,1H3,(H2,19,20,21). The molecule has 7 heteroatoms. The highest BCUT2D eigenvalue weighted by Gasteiger charge is 2.06. The average Bonchev–Trinajstić information content (AvgIpc) is 2.55. The fourth-order valence-electron chi connectivity index (χ4n) is 1.81. The van der Waals surface area contributed by atoms with Crippen LogP contribution in [0.5, 0.6) is 11.5 Å². The highest BCUT2D eigenvalue weighted by molar-refractivity contribution is 5.90. The van der Waals surface area contributed by atoms with Gasteiger partial charge in [0.15, 0.2) is 11.6 Å². The van der Waals surface area contributed by atoms with Crippen LogP contribution in [0, 0.1) is 11.6 Å². The minimum atomic E-state index is -0.982. The van der Waals surface area contributed by atoms with E-state index >= 15 is 0 Å². The van der Waals surface area contributed by atoms with Gasteiger partial charge in [0.05, 0.1) is 19.3 Å². The molecule has 23 heavy (non-hydrogen) atoms. The van der Waals surface area contributed by atoms with Crippen LogP contribution in [0.1, 0.15) is 0 Å². The first-order valence-corrected chi connectivity index (χ1v) is 6.86. The number of urea groups is 1. The van der Waals surface area contributed by atoms with Crippen LogP contribution >= 0.6 is 0 Å². The molecule has 0 aromatic heterocycles. The van der Waals surface area contributed by atoms with E-state index in [1.807, 2.05) is 0 Å². The van der Waals surface area contributed by atoms with Crippen molar-refractivity contribution in [2.75, 3.05) is 25.6 Å². The van der Waals surface area contributed by atoms with Crippen LogP contribution < -0.4 is 20.1 Å². The molecule has 0 saturated carbocycles. The summed E-state index contributed by atoms with van der Waals surface area (Å²) in [5.74, 6) is -1.19. The van der Waals surface area contributed by atoms with Crippen LogP contribution in [0.15, 0.2) is 42.5 Å². The maximum Gasteiger partial charge on any atom is 0.319 e. The SMILES string of the molecule is COc1ccccc1NC(=O)NCCOc1ccc(F)c(F)c1. The molecule has 0 spiro atoms. The van der Waals surface area contributed by atoms with E-state index in [0.29, 0.717) is 11.4 Å². The number of halogens is 2. The van der Waals surface area contributed by atoms with Crippen LogP contribution in [0.2, 0.25) is 0 Å². The zero-order chi connectivity index (χ0) is 16.7. The third kappa shape index (κ3) is 4.84. The number of nitrogens with one attached hydrogen (secondary N) is 2. The molecule has 0 fully saturated rings. The summed E-state index contributed by atoms with van der Waals surface area (Å²) in [6.45, 7) is 0.310. The Morgan fingerprint density at radius 1 is 1.13 bits per heavy atom. The molecule has 0 aliphatic heterocycles. The van der Waals surface area contributed by atoms with E-state index in [-0.39, 0.29) is 18.9 Å². The highest BCUT2D eigenvalue weighted by Crippen LogP contribution is 2.22. The van der Waals surface area contributed by atoms with Crippen molar-refractivity contribution in [3.05, 3.63) is 54.1 Å². The molecule has 5 nitrogen and oxygen atoms in total. The number of amides is 2. The summed E-state index contributed by atoms with van der Waals surface area (Å²) in [6.07, 6.45) is 0. The summed E-state index contributed by atoms with van der Waals surface area (Å²) >= 11 is 0. The smallest absolute Gasteiger partial charge is 0.319 e. The van der Waals surface area contributed by atoms with E-state index in [1.54, 1.807) is 24.3 Å². The fourth-order valence-corrected chi connectivity index (χ4v) is 1.81. The number of para-hydroxylation sites is 2. The van der Waals surface area contributed by atoms with Crippen molar-refractivity contribution in [2.45, 2.75) is 0 Å². The molecule has 0 aliphatic rings. The maximum atomic E-state index is 13.0. The Kier molecular flexibility index (Phi) is 5.74. The number of benzene rings is 2. The number of anilines is 1. The Hall–Kier alpha value is -2.83. The second kappa shape index (κ2) is 7.98. The summed E-state index contributed by atoms with van der Waals surface area (Å²) in [5, 5.41) is 5.22. The minimum Gasteiger partial charge on any atom is -0.495 e. The van der Waals surface area contributed by atoms with Gasteiger partial charge < -0.3 is 20.1 Å². The van der Waals surface area contributed by atoms with Gasteiger partial charge in [-0.1, -0.05) is 12.1 Å². The van der Waals surface area contributed by atoms with Crippen LogP contribution in [0.4, 0.5) is 19.3 Å². The van der Waals surface area contributed by atoms with Gasteiger partial charge in [0.1, 0.15) is 18.1 Å². The average molecular weight is 322 g/mol. The molecule has 0 unspecified atom stereocenters. The van der Waals surface area contributed by atoms with Crippen molar-refractivity contribution in [2.24, 2.45) is 0 Å². The number of carbonyl (C=O) groups is 1. The van der Waals surface area contributed by atoms with Crippen molar-refractivity contribution in [1.29, 1.82) is 0 Å². The van der Waals surface area contributed by atoms with E-state index in [9.17, 15) is 13.6 Å². The predicted octanol–water partition coefficient (Wildman–Crippen LogP) is 3.17. The Bertz CT molecular complexity index is 680. The number of hydrogen-bond acceptors (Lipinski definition) is 3. The van der Waals surface area contributed by atoms with Gasteiger partial charge in [-0.05, 0) is 24.3 Å². The summed E-state index contributed by atoms with van der Waals surface area (Å²) in [5.41, 5.74) is 0.536. The highest BCUT2D eigenvalue weighted by atomic mass is 19.2. The Morgan fingerprint density at radius 3 is 2.65 bits per heavy atom. The molecule has 2 N–H and O–H groups in total. The zero-order valence-electron chi connectivity index (χ0n) is 12.4. The van der Waals surface area contributed by atoms with Gasteiger partial charge in [-0.2, -0.15) is 0 Å². The monoisotopic (exact) mass is 322 g/mol. The molecule has 2 aromatic carbocycles. The molecule has 2 amide bonds. The molecule has 122 valence electrons. The molecule has 0 bridgehead atoms. The molecule has 0 radical (unpaired) electrons. The van der Waals surface area contributed by atoms with Crippen LogP contribution in [0.3, 0.4) is 0 Å². The zero-order valence-corrected chi connectivity index (χ0v) is 12.4. The first-order chi connectivity index (χ1) is 11.1. The lowest BCUT2D eigenvalue weighted by atomic mass is 10.3. The van der Waals surface area contributed by atoms with Gasteiger partial charge in [0, 0.05) is 6.07 Å². The molecule has 0 saturated heterocycles. The first-order valence-electron chi connectivity index (χ1n) is 6.86. The minimum absolute atomic E-state index is 0.115. The van der Waals surface area contributed by atoms with Crippen molar-refractivity contribution >= 4 is 11.7 Å². The van der Waals surface area contributed by atoms with E-state index in [2.05, 4.69) is 10.6 Å². The molecule has 2 aromatic rings. The van der Waals surface area contributed by atoms with Gasteiger partial charge >= 0.3 is 6.03 Å².